The second-order valence-electron chi connectivity index (χ2n) is 13.7. The van der Waals surface area contributed by atoms with Crippen LogP contribution in [0.15, 0.2) is 91.5 Å². The standard InChI is InChI=1S/C10H11N.3C9H10N2.C8H9N3.10C2H6/c1-8(2)10-5-3-4-9(6-10)7-11;1-7(2)9-3-8(4-10)5-11-6-9;1-7(2)9-5-8(6-10)3-4-11-9;1-7(2)9-5-3-4-8(6-10)11-9;1-6(2)8-10-4-3-7(5-9)11-8;10*1-2/h3-6,8H,1-2H3;3,5-7H,1-2H3;2*3-5,7H,1-2H3;3-4,6H,1-2H3;10*1-2H3. The minimum Gasteiger partial charge on any atom is -0.263 e. The summed E-state index contributed by atoms with van der Waals surface area (Å²) in [6.45, 7) is 60.6. The molecule has 0 bridgehead atoms. The third-order valence-electron chi connectivity index (χ3n) is 7.52. The van der Waals surface area contributed by atoms with Crippen LogP contribution in [0.3, 0.4) is 0 Å². The van der Waals surface area contributed by atoms with Crippen LogP contribution in [0.1, 0.15) is 294 Å². The minimum absolute atomic E-state index is 0.281. The van der Waals surface area contributed by atoms with Crippen molar-refractivity contribution in [2.24, 2.45) is 0 Å². The van der Waals surface area contributed by atoms with Gasteiger partial charge in [-0.1, -0.05) is 226 Å². The zero-order valence-corrected chi connectivity index (χ0v) is 53.5. The van der Waals surface area contributed by atoms with Crippen molar-refractivity contribution in [1.29, 1.82) is 26.3 Å². The Labute approximate surface area is 464 Å². The summed E-state index contributed by atoms with van der Waals surface area (Å²) < 4.78 is 0. The highest BCUT2D eigenvalue weighted by Crippen LogP contribution is 2.16. The summed E-state index contributed by atoms with van der Waals surface area (Å²) in [6, 6.07) is 30.5. The van der Waals surface area contributed by atoms with Crippen LogP contribution in [0, 0.1) is 56.7 Å². The fourth-order valence-corrected chi connectivity index (χ4v) is 4.19. The maximum absolute atomic E-state index is 8.59. The van der Waals surface area contributed by atoms with E-state index in [1.807, 2.05) is 213 Å². The average molecular weight is 1030 g/mol. The van der Waals surface area contributed by atoms with E-state index in [-0.39, 0.29) is 5.92 Å². The number of hydrogen-bond donors (Lipinski definition) is 0. The van der Waals surface area contributed by atoms with Crippen molar-refractivity contribution in [1.82, 2.24) is 24.9 Å². The maximum atomic E-state index is 8.59. The molecule has 4 heterocycles. The van der Waals surface area contributed by atoms with Crippen molar-refractivity contribution in [3.8, 4) is 30.3 Å². The van der Waals surface area contributed by atoms with Gasteiger partial charge in [0.2, 0.25) is 0 Å². The lowest BCUT2D eigenvalue weighted by Crippen LogP contribution is -1.97. The summed E-state index contributed by atoms with van der Waals surface area (Å²) in [6.07, 6.45) is 6.66. The normalized spacial score (nSPS) is 7.87. The highest BCUT2D eigenvalue weighted by Gasteiger charge is 2.03. The molecule has 420 valence electrons. The Morgan fingerprint density at radius 1 is 0.333 bits per heavy atom. The number of rotatable bonds is 5. The first-order valence-electron chi connectivity index (χ1n) is 28.0. The predicted octanol–water partition coefficient (Wildman–Crippen LogP) is 20.6. The summed E-state index contributed by atoms with van der Waals surface area (Å²) in [4.78, 5) is 20.3. The first-order valence-corrected chi connectivity index (χ1v) is 28.0. The molecule has 0 N–H and O–H groups in total. The van der Waals surface area contributed by atoms with Gasteiger partial charge in [-0.15, -0.1) is 0 Å². The molecule has 0 fully saturated rings. The third kappa shape index (κ3) is 53.3. The second-order valence-corrected chi connectivity index (χ2v) is 13.7. The van der Waals surface area contributed by atoms with E-state index in [1.165, 1.54) is 5.56 Å². The van der Waals surface area contributed by atoms with Crippen molar-refractivity contribution in [3.63, 3.8) is 0 Å². The first kappa shape index (κ1) is 90.9. The summed E-state index contributed by atoms with van der Waals surface area (Å²) in [5.41, 5.74) is 7.29. The van der Waals surface area contributed by atoms with Gasteiger partial charge in [0.15, 0.2) is 0 Å². The summed E-state index contributed by atoms with van der Waals surface area (Å²) in [7, 11) is 0. The number of pyridine rings is 3. The Kier molecular flexibility index (Phi) is 89.4. The van der Waals surface area contributed by atoms with Crippen LogP contribution < -0.4 is 0 Å². The van der Waals surface area contributed by atoms with E-state index in [0.717, 1.165) is 28.3 Å². The minimum atomic E-state index is 0.281. The molecule has 10 heteroatoms. The van der Waals surface area contributed by atoms with Gasteiger partial charge in [0.1, 0.15) is 35.4 Å². The molecule has 0 atom stereocenters. The van der Waals surface area contributed by atoms with Crippen LogP contribution in [-0.4, -0.2) is 24.9 Å². The quantitative estimate of drug-likeness (QED) is 0.164. The molecule has 0 unspecified atom stereocenters. The lowest BCUT2D eigenvalue weighted by Gasteiger charge is -2.03. The smallest absolute Gasteiger partial charge is 0.144 e. The molecular weight excluding hydrogens is 921 g/mol. The van der Waals surface area contributed by atoms with E-state index < -0.39 is 0 Å². The van der Waals surface area contributed by atoms with Crippen molar-refractivity contribution in [2.45, 2.75) is 237 Å². The van der Waals surface area contributed by atoms with E-state index in [1.54, 1.807) is 43.0 Å². The number of aromatic nitrogens is 5. The van der Waals surface area contributed by atoms with Crippen molar-refractivity contribution in [2.75, 3.05) is 0 Å². The van der Waals surface area contributed by atoms with Crippen molar-refractivity contribution >= 4 is 0 Å². The van der Waals surface area contributed by atoms with E-state index in [9.17, 15) is 0 Å². The molecule has 1 aromatic carbocycles. The Hall–Kier alpha value is -6.80. The Bertz CT molecular complexity index is 1780. The highest BCUT2D eigenvalue weighted by molar-refractivity contribution is 5.34. The molecule has 0 saturated heterocycles. The van der Waals surface area contributed by atoms with Gasteiger partial charge in [-0.05, 0) is 83.3 Å². The monoisotopic (exact) mass is 1030 g/mol. The second kappa shape index (κ2) is 73.7. The fourth-order valence-electron chi connectivity index (χ4n) is 4.19. The number of benzene rings is 1. The molecule has 0 amide bonds. The SMILES string of the molecule is CC.CC.CC.CC.CC.CC.CC.CC.CC.CC.CC(C)c1cc(C#N)ccn1.CC(C)c1cccc(C#N)c1.CC(C)c1cccc(C#N)n1.CC(C)c1cncc(C#N)c1.CC(C)c1nccc(C#N)n1. The first-order chi connectivity index (χ1) is 36.2. The van der Waals surface area contributed by atoms with Gasteiger partial charge >= 0.3 is 0 Å². The van der Waals surface area contributed by atoms with Crippen LogP contribution in [0.2, 0.25) is 0 Å². The van der Waals surface area contributed by atoms with E-state index in [0.29, 0.717) is 46.2 Å². The Morgan fingerprint density at radius 3 is 1.13 bits per heavy atom. The number of hydrogen-bond acceptors (Lipinski definition) is 10. The van der Waals surface area contributed by atoms with Gasteiger partial charge in [0.05, 0.1) is 28.8 Å². The lowest BCUT2D eigenvalue weighted by molar-refractivity contribution is 0.771. The van der Waals surface area contributed by atoms with Crippen LogP contribution in [0.5, 0.6) is 0 Å². The largest absolute Gasteiger partial charge is 0.263 e. The number of nitrogens with zero attached hydrogens (tertiary/aromatic N) is 10. The lowest BCUT2D eigenvalue weighted by atomic mass is 10.0. The molecule has 75 heavy (non-hydrogen) atoms. The highest BCUT2D eigenvalue weighted by atomic mass is 14.9. The van der Waals surface area contributed by atoms with Gasteiger partial charge in [0, 0.05) is 42.1 Å². The van der Waals surface area contributed by atoms with Crippen molar-refractivity contribution < 1.29 is 0 Å². The maximum Gasteiger partial charge on any atom is 0.144 e. The van der Waals surface area contributed by atoms with Crippen molar-refractivity contribution in [3.05, 3.63) is 148 Å². The molecule has 0 radical (unpaired) electrons. The molecule has 0 spiro atoms. The van der Waals surface area contributed by atoms with Gasteiger partial charge in [0.25, 0.3) is 0 Å². The summed E-state index contributed by atoms with van der Waals surface area (Å²) in [5, 5.41) is 42.7. The molecule has 10 nitrogen and oxygen atoms in total. The molecule has 4 aromatic heterocycles. The average Bonchev–Trinajstić information content (AvgIpc) is 3.50. The van der Waals surface area contributed by atoms with Gasteiger partial charge < -0.3 is 0 Å². The van der Waals surface area contributed by atoms with E-state index in [4.69, 9.17) is 26.3 Å². The molecule has 5 rings (SSSR count). The van der Waals surface area contributed by atoms with Gasteiger partial charge in [-0.2, -0.15) is 26.3 Å². The zero-order valence-electron chi connectivity index (χ0n) is 53.5. The fraction of sp³-hybridized carbons (Fsp3) is 0.538. The van der Waals surface area contributed by atoms with Crippen LogP contribution in [-0.2, 0) is 0 Å². The van der Waals surface area contributed by atoms with Crippen LogP contribution in [0.25, 0.3) is 0 Å². The molecule has 0 aliphatic heterocycles. The van der Waals surface area contributed by atoms with Gasteiger partial charge in [-0.25, -0.2) is 15.0 Å². The third-order valence-corrected chi connectivity index (χ3v) is 7.52. The topological polar surface area (TPSA) is 183 Å². The van der Waals surface area contributed by atoms with Gasteiger partial charge in [-0.3, -0.25) is 9.97 Å². The Morgan fingerprint density at radius 2 is 0.733 bits per heavy atom. The molecule has 5 aromatic rings. The summed E-state index contributed by atoms with van der Waals surface area (Å²) in [5.74, 6) is 2.73. The molecular formula is C65H110N10. The summed E-state index contributed by atoms with van der Waals surface area (Å²) >= 11 is 0. The van der Waals surface area contributed by atoms with Crippen LogP contribution >= 0.6 is 0 Å². The molecule has 0 saturated carbocycles. The zero-order chi connectivity index (χ0) is 61.3. The predicted molar refractivity (Wildman–Crippen MR) is 329 cm³/mol. The van der Waals surface area contributed by atoms with E-state index >= 15 is 0 Å². The Balaban J connectivity index is -0.0000000810. The molecule has 0 aliphatic carbocycles. The number of nitriles is 5. The van der Waals surface area contributed by atoms with E-state index in [2.05, 4.69) is 98.5 Å². The molecule has 0 aliphatic rings. The van der Waals surface area contributed by atoms with Crippen LogP contribution in [0.4, 0.5) is 0 Å².